The van der Waals surface area contributed by atoms with Crippen LogP contribution in [-0.4, -0.2) is 31.2 Å². The maximum Gasteiger partial charge on any atom is 0.258 e. The van der Waals surface area contributed by atoms with Crippen molar-refractivity contribution in [2.45, 2.75) is 32.2 Å². The molecule has 2 rings (SSSR count). The van der Waals surface area contributed by atoms with Gasteiger partial charge >= 0.3 is 0 Å². The SMILES string of the molecule is CCOc1ccccc1OCC(=O)NC(C)(CN)C1CC1. The molecule has 0 heterocycles. The second-order valence-electron chi connectivity index (χ2n) is 5.61. The molecule has 3 N–H and O–H groups in total. The topological polar surface area (TPSA) is 73.6 Å². The average Bonchev–Trinajstić information content (AvgIpc) is 3.31. The summed E-state index contributed by atoms with van der Waals surface area (Å²) in [6.07, 6.45) is 2.25. The lowest BCUT2D eigenvalue weighted by atomic mass is 9.96. The monoisotopic (exact) mass is 292 g/mol. The molecule has 0 aliphatic heterocycles. The quantitative estimate of drug-likeness (QED) is 0.765. The molecule has 1 amide bonds. The molecule has 0 spiro atoms. The first kappa shape index (κ1) is 15.6. The van der Waals surface area contributed by atoms with E-state index in [4.69, 9.17) is 15.2 Å². The Morgan fingerprint density at radius 1 is 1.33 bits per heavy atom. The zero-order chi connectivity index (χ0) is 15.3. The van der Waals surface area contributed by atoms with E-state index in [0.29, 0.717) is 30.6 Å². The van der Waals surface area contributed by atoms with Crippen LogP contribution in [0.15, 0.2) is 24.3 Å². The number of carbonyl (C=O) groups excluding carboxylic acids is 1. The molecule has 1 unspecified atom stereocenters. The summed E-state index contributed by atoms with van der Waals surface area (Å²) in [6.45, 7) is 4.87. The van der Waals surface area contributed by atoms with Crippen LogP contribution in [0.3, 0.4) is 0 Å². The number of ether oxygens (including phenoxy) is 2. The molecule has 1 fully saturated rings. The van der Waals surface area contributed by atoms with E-state index in [0.717, 1.165) is 12.8 Å². The van der Waals surface area contributed by atoms with Crippen molar-refractivity contribution in [1.82, 2.24) is 5.32 Å². The highest BCUT2D eigenvalue weighted by Gasteiger charge is 2.41. The van der Waals surface area contributed by atoms with E-state index in [1.54, 1.807) is 6.07 Å². The second kappa shape index (κ2) is 6.80. The van der Waals surface area contributed by atoms with Crippen molar-refractivity contribution in [2.75, 3.05) is 19.8 Å². The summed E-state index contributed by atoms with van der Waals surface area (Å²) in [5, 5.41) is 3.00. The first-order valence-corrected chi connectivity index (χ1v) is 7.44. The van der Waals surface area contributed by atoms with Crippen LogP contribution in [0.25, 0.3) is 0 Å². The fourth-order valence-corrected chi connectivity index (χ4v) is 2.38. The molecule has 0 bridgehead atoms. The molecule has 1 aromatic rings. The Labute approximate surface area is 125 Å². The van der Waals surface area contributed by atoms with Gasteiger partial charge in [-0.2, -0.15) is 0 Å². The van der Waals surface area contributed by atoms with Gasteiger partial charge in [0.2, 0.25) is 0 Å². The van der Waals surface area contributed by atoms with E-state index in [1.165, 1.54) is 0 Å². The minimum atomic E-state index is -0.320. The third-order valence-corrected chi connectivity index (χ3v) is 3.84. The van der Waals surface area contributed by atoms with Crippen LogP contribution in [-0.2, 0) is 4.79 Å². The average molecular weight is 292 g/mol. The van der Waals surface area contributed by atoms with E-state index in [-0.39, 0.29) is 18.1 Å². The molecule has 1 saturated carbocycles. The largest absolute Gasteiger partial charge is 0.490 e. The minimum Gasteiger partial charge on any atom is -0.490 e. The van der Waals surface area contributed by atoms with E-state index in [2.05, 4.69) is 5.32 Å². The molecule has 1 aliphatic rings. The van der Waals surface area contributed by atoms with Gasteiger partial charge in [-0.25, -0.2) is 0 Å². The smallest absolute Gasteiger partial charge is 0.258 e. The van der Waals surface area contributed by atoms with Crippen molar-refractivity contribution in [3.8, 4) is 11.5 Å². The minimum absolute atomic E-state index is 0.0353. The highest BCUT2D eigenvalue weighted by atomic mass is 16.5. The zero-order valence-electron chi connectivity index (χ0n) is 12.7. The van der Waals surface area contributed by atoms with Gasteiger partial charge in [0, 0.05) is 6.54 Å². The van der Waals surface area contributed by atoms with Gasteiger partial charge in [-0.1, -0.05) is 12.1 Å². The number of hydrogen-bond donors (Lipinski definition) is 2. The van der Waals surface area contributed by atoms with Crippen molar-refractivity contribution < 1.29 is 14.3 Å². The number of nitrogens with two attached hydrogens (primary N) is 1. The number of para-hydroxylation sites is 2. The normalized spacial score (nSPS) is 16.9. The van der Waals surface area contributed by atoms with Gasteiger partial charge in [-0.3, -0.25) is 4.79 Å². The Morgan fingerprint density at radius 3 is 2.48 bits per heavy atom. The Kier molecular flexibility index (Phi) is 5.07. The Morgan fingerprint density at radius 2 is 1.95 bits per heavy atom. The summed E-state index contributed by atoms with van der Waals surface area (Å²) >= 11 is 0. The third kappa shape index (κ3) is 4.11. The molecule has 5 heteroatoms. The van der Waals surface area contributed by atoms with Crippen LogP contribution in [0.4, 0.5) is 0 Å². The number of carbonyl (C=O) groups is 1. The van der Waals surface area contributed by atoms with Gasteiger partial charge in [0.15, 0.2) is 18.1 Å². The van der Waals surface area contributed by atoms with Crippen molar-refractivity contribution in [3.05, 3.63) is 24.3 Å². The maximum absolute atomic E-state index is 12.1. The van der Waals surface area contributed by atoms with Gasteiger partial charge in [0.05, 0.1) is 12.1 Å². The van der Waals surface area contributed by atoms with E-state index < -0.39 is 0 Å². The standard InChI is InChI=1S/C16H24N2O3/c1-3-20-13-6-4-5-7-14(13)21-10-15(19)18-16(2,11-17)12-8-9-12/h4-7,12H,3,8-11,17H2,1-2H3,(H,18,19). The molecule has 116 valence electrons. The predicted octanol–water partition coefficient (Wildman–Crippen LogP) is 1.71. The zero-order valence-corrected chi connectivity index (χ0v) is 12.7. The number of amides is 1. The first-order valence-electron chi connectivity index (χ1n) is 7.44. The van der Waals surface area contributed by atoms with E-state index in [9.17, 15) is 4.79 Å². The van der Waals surface area contributed by atoms with Crippen molar-refractivity contribution >= 4 is 5.91 Å². The summed E-state index contributed by atoms with van der Waals surface area (Å²) in [5.41, 5.74) is 5.47. The lowest BCUT2D eigenvalue weighted by molar-refractivity contribution is -0.125. The van der Waals surface area contributed by atoms with Gasteiger partial charge in [0.25, 0.3) is 5.91 Å². The van der Waals surface area contributed by atoms with Crippen molar-refractivity contribution in [3.63, 3.8) is 0 Å². The molecule has 21 heavy (non-hydrogen) atoms. The molecular weight excluding hydrogens is 268 g/mol. The van der Waals surface area contributed by atoms with Crippen LogP contribution in [0.2, 0.25) is 0 Å². The van der Waals surface area contributed by atoms with Gasteiger partial charge < -0.3 is 20.5 Å². The van der Waals surface area contributed by atoms with Crippen LogP contribution in [0.1, 0.15) is 26.7 Å². The van der Waals surface area contributed by atoms with E-state index in [1.807, 2.05) is 32.0 Å². The van der Waals surface area contributed by atoms with Crippen LogP contribution in [0, 0.1) is 5.92 Å². The van der Waals surface area contributed by atoms with Crippen LogP contribution >= 0.6 is 0 Å². The molecule has 5 nitrogen and oxygen atoms in total. The van der Waals surface area contributed by atoms with E-state index >= 15 is 0 Å². The Bertz CT molecular complexity index is 488. The predicted molar refractivity (Wildman–Crippen MR) is 81.4 cm³/mol. The summed E-state index contributed by atoms with van der Waals surface area (Å²) in [7, 11) is 0. The van der Waals surface area contributed by atoms with Crippen molar-refractivity contribution in [2.24, 2.45) is 11.7 Å². The number of rotatable bonds is 8. The summed E-state index contributed by atoms with van der Waals surface area (Å²) in [5.74, 6) is 1.57. The summed E-state index contributed by atoms with van der Waals surface area (Å²) < 4.78 is 11.0. The fraction of sp³-hybridized carbons (Fsp3) is 0.562. The molecule has 0 saturated heterocycles. The van der Waals surface area contributed by atoms with Crippen LogP contribution < -0.4 is 20.5 Å². The van der Waals surface area contributed by atoms with Gasteiger partial charge in [-0.15, -0.1) is 0 Å². The lowest BCUT2D eigenvalue weighted by Crippen LogP contribution is -2.54. The molecule has 1 atom stereocenters. The molecule has 1 aromatic carbocycles. The highest BCUT2D eigenvalue weighted by molar-refractivity contribution is 5.78. The molecule has 1 aliphatic carbocycles. The maximum atomic E-state index is 12.1. The Hall–Kier alpha value is -1.75. The number of hydrogen-bond acceptors (Lipinski definition) is 4. The molecular formula is C16H24N2O3. The van der Waals surface area contributed by atoms with Gasteiger partial charge in [0.1, 0.15) is 0 Å². The number of nitrogens with one attached hydrogen (secondary N) is 1. The highest BCUT2D eigenvalue weighted by Crippen LogP contribution is 2.38. The number of benzene rings is 1. The fourth-order valence-electron chi connectivity index (χ4n) is 2.38. The lowest BCUT2D eigenvalue weighted by Gasteiger charge is -2.29. The van der Waals surface area contributed by atoms with Crippen LogP contribution in [0.5, 0.6) is 11.5 Å². The summed E-state index contributed by atoms with van der Waals surface area (Å²) in [6, 6.07) is 7.34. The third-order valence-electron chi connectivity index (χ3n) is 3.84. The second-order valence-corrected chi connectivity index (χ2v) is 5.61. The molecule has 0 radical (unpaired) electrons. The van der Waals surface area contributed by atoms with Gasteiger partial charge in [-0.05, 0) is 44.7 Å². The van der Waals surface area contributed by atoms with Crippen molar-refractivity contribution in [1.29, 1.82) is 0 Å². The first-order chi connectivity index (χ1) is 10.1. The summed E-state index contributed by atoms with van der Waals surface area (Å²) in [4.78, 5) is 12.1. The molecule has 0 aromatic heterocycles. The Balaban J connectivity index is 1.89.